The maximum Gasteiger partial charge on any atom is 0.270 e. The summed E-state index contributed by atoms with van der Waals surface area (Å²) in [6, 6.07) is 2.06. The number of hydrogen-bond donors (Lipinski definition) is 0. The van der Waals surface area contributed by atoms with E-state index in [1.54, 1.807) is 16.4 Å². The van der Waals surface area contributed by atoms with Crippen LogP contribution < -0.4 is 10.5 Å². The number of rotatable bonds is 6. The molecule has 0 aliphatic carbocycles. The molecule has 7 nitrogen and oxygen atoms in total. The molecule has 2 unspecified atom stereocenters. The van der Waals surface area contributed by atoms with Crippen LogP contribution in [0.5, 0.6) is 0 Å². The Kier molecular flexibility index (Phi) is 8.04. The fourth-order valence-electron chi connectivity index (χ4n) is 4.42. The van der Waals surface area contributed by atoms with Gasteiger partial charge in [-0.05, 0) is 52.7 Å². The van der Waals surface area contributed by atoms with E-state index >= 15 is 0 Å². The highest BCUT2D eigenvalue weighted by Gasteiger charge is 2.35. The van der Waals surface area contributed by atoms with Crippen LogP contribution in [0.2, 0.25) is 0 Å². The molecule has 2 aliphatic heterocycles. The minimum absolute atomic E-state index is 0.00794. The molecule has 0 bridgehead atoms. The van der Waals surface area contributed by atoms with E-state index in [9.17, 15) is 14.9 Å². The minimum atomic E-state index is -0.280. The average molecular weight is 489 g/mol. The standard InChI is InChI=1S/C24H32N4O3S2/c1-7-8-9-27-21(26-12-15(4)31-16(5)13-26)18(17(6)19(11-25)22(27)29)10-20-23(30)28(14(2)3)24(32)33-20/h10,14-16H,7-9,12-13H2,1-6H3/b20-10+. The molecule has 0 spiro atoms. The lowest BCUT2D eigenvalue weighted by Crippen LogP contribution is -2.48. The summed E-state index contributed by atoms with van der Waals surface area (Å²) >= 11 is 6.72. The van der Waals surface area contributed by atoms with Crippen molar-refractivity contribution in [3.63, 3.8) is 0 Å². The van der Waals surface area contributed by atoms with Crippen molar-refractivity contribution in [1.82, 2.24) is 9.47 Å². The molecule has 2 atom stereocenters. The predicted molar refractivity (Wildman–Crippen MR) is 137 cm³/mol. The summed E-state index contributed by atoms with van der Waals surface area (Å²) in [4.78, 5) is 30.8. The van der Waals surface area contributed by atoms with E-state index in [0.717, 1.165) is 24.2 Å². The first kappa shape index (κ1) is 25.5. The SMILES string of the molecule is CCCCn1c(N2CC(C)OC(C)C2)c(/C=C2/SC(=S)N(C(C)C)C2=O)c(C)c(C#N)c1=O. The molecule has 33 heavy (non-hydrogen) atoms. The van der Waals surface area contributed by atoms with Gasteiger partial charge in [0.25, 0.3) is 11.5 Å². The second-order valence-corrected chi connectivity index (χ2v) is 10.6. The molecular formula is C24H32N4O3S2. The van der Waals surface area contributed by atoms with Gasteiger partial charge in [0.1, 0.15) is 21.8 Å². The zero-order valence-corrected chi connectivity index (χ0v) is 21.8. The maximum atomic E-state index is 13.4. The highest BCUT2D eigenvalue weighted by molar-refractivity contribution is 8.26. The van der Waals surface area contributed by atoms with E-state index in [4.69, 9.17) is 17.0 Å². The van der Waals surface area contributed by atoms with Crippen LogP contribution in [0.15, 0.2) is 9.70 Å². The van der Waals surface area contributed by atoms with Crippen molar-refractivity contribution in [1.29, 1.82) is 5.26 Å². The Morgan fingerprint density at radius 2 is 1.91 bits per heavy atom. The number of anilines is 1. The molecule has 9 heteroatoms. The lowest BCUT2D eigenvalue weighted by atomic mass is 10.0. The Morgan fingerprint density at radius 3 is 2.42 bits per heavy atom. The number of carbonyl (C=O) groups is 1. The second-order valence-electron chi connectivity index (χ2n) is 8.97. The molecule has 1 aromatic rings. The fourth-order valence-corrected chi connectivity index (χ4v) is 5.92. The molecule has 1 aromatic heterocycles. The number of carbonyl (C=O) groups excluding carboxylic acids is 1. The van der Waals surface area contributed by atoms with Crippen molar-refractivity contribution < 1.29 is 9.53 Å². The van der Waals surface area contributed by atoms with Crippen LogP contribution in [0.1, 0.15) is 64.2 Å². The van der Waals surface area contributed by atoms with E-state index in [-0.39, 0.29) is 35.3 Å². The molecule has 2 saturated heterocycles. The van der Waals surface area contributed by atoms with Gasteiger partial charge in [-0.1, -0.05) is 37.3 Å². The predicted octanol–water partition coefficient (Wildman–Crippen LogP) is 4.05. The smallest absolute Gasteiger partial charge is 0.270 e. The van der Waals surface area contributed by atoms with Gasteiger partial charge in [-0.2, -0.15) is 5.26 Å². The van der Waals surface area contributed by atoms with Crippen LogP contribution in [0, 0.1) is 18.3 Å². The molecular weight excluding hydrogens is 456 g/mol. The Balaban J connectivity index is 2.28. The fraction of sp³-hybridized carbons (Fsp3) is 0.583. The molecule has 3 heterocycles. The van der Waals surface area contributed by atoms with E-state index in [1.165, 1.54) is 11.8 Å². The lowest BCUT2D eigenvalue weighted by molar-refractivity contribution is -0.123. The number of unbranched alkanes of at least 4 members (excludes halogenated alkanes) is 1. The summed E-state index contributed by atoms with van der Waals surface area (Å²) in [5, 5.41) is 9.81. The number of hydrogen-bond acceptors (Lipinski definition) is 7. The van der Waals surface area contributed by atoms with E-state index < -0.39 is 0 Å². The number of thiocarbonyl (C=S) groups is 1. The number of thioether (sulfide) groups is 1. The Bertz CT molecular complexity index is 1080. The van der Waals surface area contributed by atoms with E-state index in [1.807, 2.05) is 33.8 Å². The number of aromatic nitrogens is 1. The summed E-state index contributed by atoms with van der Waals surface area (Å²) < 4.78 is 8.17. The molecule has 0 aromatic carbocycles. The van der Waals surface area contributed by atoms with Gasteiger partial charge in [0.15, 0.2) is 0 Å². The minimum Gasteiger partial charge on any atom is -0.372 e. The van der Waals surface area contributed by atoms with E-state index in [2.05, 4.69) is 17.9 Å². The van der Waals surface area contributed by atoms with Crippen molar-refractivity contribution in [3.05, 3.63) is 31.9 Å². The van der Waals surface area contributed by atoms with Gasteiger partial charge in [-0.25, -0.2) is 0 Å². The van der Waals surface area contributed by atoms with Crippen molar-refractivity contribution in [3.8, 4) is 6.07 Å². The Morgan fingerprint density at radius 1 is 1.27 bits per heavy atom. The molecule has 2 aliphatic rings. The van der Waals surface area contributed by atoms with Gasteiger partial charge in [-0.15, -0.1) is 0 Å². The third-order valence-electron chi connectivity index (χ3n) is 5.92. The lowest BCUT2D eigenvalue weighted by Gasteiger charge is -2.39. The average Bonchev–Trinajstić information content (AvgIpc) is 3.01. The van der Waals surface area contributed by atoms with Crippen molar-refractivity contribution >= 4 is 46.1 Å². The first-order valence-electron chi connectivity index (χ1n) is 11.5. The van der Waals surface area contributed by atoms with Gasteiger partial charge < -0.3 is 9.64 Å². The van der Waals surface area contributed by atoms with Crippen LogP contribution in [0.4, 0.5) is 5.82 Å². The number of nitrogens with zero attached hydrogens (tertiary/aromatic N) is 4. The Labute approximate surface area is 205 Å². The molecule has 2 fully saturated rings. The molecule has 3 rings (SSSR count). The van der Waals surface area contributed by atoms with Crippen LogP contribution in [0.25, 0.3) is 6.08 Å². The van der Waals surface area contributed by atoms with Crippen LogP contribution >= 0.6 is 24.0 Å². The van der Waals surface area contributed by atoms with Crippen molar-refractivity contribution in [2.75, 3.05) is 18.0 Å². The number of morpholine rings is 1. The largest absolute Gasteiger partial charge is 0.372 e. The summed E-state index contributed by atoms with van der Waals surface area (Å²) in [5.41, 5.74) is 1.16. The summed E-state index contributed by atoms with van der Waals surface area (Å²) in [7, 11) is 0. The quantitative estimate of drug-likeness (QED) is 0.441. The highest BCUT2D eigenvalue weighted by atomic mass is 32.2. The van der Waals surface area contributed by atoms with E-state index in [0.29, 0.717) is 34.4 Å². The number of nitriles is 1. The first-order valence-corrected chi connectivity index (χ1v) is 12.7. The number of amides is 1. The van der Waals surface area contributed by atoms with Gasteiger partial charge in [0, 0.05) is 31.2 Å². The topological polar surface area (TPSA) is 78.6 Å². The molecule has 178 valence electrons. The van der Waals surface area contributed by atoms with Gasteiger partial charge in [-0.3, -0.25) is 19.1 Å². The van der Waals surface area contributed by atoms with Crippen LogP contribution in [-0.2, 0) is 16.1 Å². The zero-order valence-electron chi connectivity index (χ0n) is 20.2. The van der Waals surface area contributed by atoms with Crippen LogP contribution in [0.3, 0.4) is 0 Å². The van der Waals surface area contributed by atoms with Gasteiger partial charge in [0.05, 0.1) is 17.1 Å². The highest BCUT2D eigenvalue weighted by Crippen LogP contribution is 2.37. The third-order valence-corrected chi connectivity index (χ3v) is 7.25. The summed E-state index contributed by atoms with van der Waals surface area (Å²) in [6.07, 6.45) is 3.53. The van der Waals surface area contributed by atoms with Crippen molar-refractivity contribution in [2.45, 2.75) is 79.2 Å². The molecule has 0 N–H and O–H groups in total. The van der Waals surface area contributed by atoms with Gasteiger partial charge >= 0.3 is 0 Å². The number of pyridine rings is 1. The normalized spacial score (nSPS) is 22.5. The third kappa shape index (κ3) is 5.03. The maximum absolute atomic E-state index is 13.4. The first-order chi connectivity index (χ1) is 15.6. The van der Waals surface area contributed by atoms with Crippen molar-refractivity contribution in [2.24, 2.45) is 0 Å². The van der Waals surface area contributed by atoms with Gasteiger partial charge in [0.2, 0.25) is 0 Å². The Hall–Kier alpha value is -2.15. The summed E-state index contributed by atoms with van der Waals surface area (Å²) in [5.74, 6) is 0.612. The van der Waals surface area contributed by atoms with Crippen LogP contribution in [-0.4, -0.2) is 51.0 Å². The second kappa shape index (κ2) is 10.4. The molecule has 0 radical (unpaired) electrons. The number of ether oxygens (including phenoxy) is 1. The molecule has 0 saturated carbocycles. The summed E-state index contributed by atoms with van der Waals surface area (Å²) in [6.45, 7) is 13.5. The zero-order chi connectivity index (χ0) is 24.4. The molecule has 1 amide bonds. The monoisotopic (exact) mass is 488 g/mol.